The van der Waals surface area contributed by atoms with E-state index in [0.717, 1.165) is 53.9 Å². The number of likely N-dealkylation sites (tertiary alicyclic amines) is 1. The molecule has 0 atom stereocenters. The first-order chi connectivity index (χ1) is 16.3. The van der Waals surface area contributed by atoms with Crippen LogP contribution in [-0.2, 0) is 31.9 Å². The van der Waals surface area contributed by atoms with Crippen LogP contribution in [0.25, 0.3) is 11.0 Å². The zero-order chi connectivity index (χ0) is 24.4. The summed E-state index contributed by atoms with van der Waals surface area (Å²) in [5, 5.41) is 3.63. The second-order valence-electron chi connectivity index (χ2n) is 9.31. The molecule has 34 heavy (non-hydrogen) atoms. The molecule has 1 fully saturated rings. The van der Waals surface area contributed by atoms with Gasteiger partial charge in [-0.05, 0) is 49.8 Å². The van der Waals surface area contributed by atoms with E-state index >= 15 is 0 Å². The molecule has 0 bridgehead atoms. The fourth-order valence-electron chi connectivity index (χ4n) is 4.92. The minimum Gasteiger partial charge on any atom is -0.353 e. The molecule has 3 aromatic rings. The van der Waals surface area contributed by atoms with Gasteiger partial charge in [0.25, 0.3) is 5.56 Å². The highest BCUT2D eigenvalue weighted by molar-refractivity contribution is 5.80. The van der Waals surface area contributed by atoms with Crippen molar-refractivity contribution in [2.75, 3.05) is 13.1 Å². The molecule has 8 nitrogen and oxygen atoms in total. The molecule has 0 radical (unpaired) electrons. The fraction of sp³-hybridized carbons (Fsp3) is 0.462. The monoisotopic (exact) mass is 463 g/mol. The Morgan fingerprint density at radius 1 is 1.06 bits per heavy atom. The lowest BCUT2D eigenvalue weighted by Gasteiger charge is -2.32. The average molecular weight is 464 g/mol. The molecule has 8 heteroatoms. The number of fused-ring (bicyclic) bond motifs is 1. The second-order valence-corrected chi connectivity index (χ2v) is 9.31. The second kappa shape index (κ2) is 9.93. The Hall–Kier alpha value is -3.26. The Morgan fingerprint density at radius 3 is 2.41 bits per heavy atom. The van der Waals surface area contributed by atoms with Crippen LogP contribution in [0.5, 0.6) is 0 Å². The van der Waals surface area contributed by atoms with E-state index in [4.69, 9.17) is 0 Å². The van der Waals surface area contributed by atoms with Crippen LogP contribution >= 0.6 is 0 Å². The number of carbonyl (C=O) groups is 1. The molecule has 1 aliphatic rings. The summed E-state index contributed by atoms with van der Waals surface area (Å²) < 4.78 is 2.50. The maximum absolute atomic E-state index is 12.8. The van der Waals surface area contributed by atoms with Gasteiger partial charge < -0.3 is 5.32 Å². The topological polar surface area (TPSA) is 89.2 Å². The average Bonchev–Trinajstić information content (AvgIpc) is 2.83. The highest BCUT2D eigenvalue weighted by atomic mass is 16.2. The van der Waals surface area contributed by atoms with Gasteiger partial charge in [0.1, 0.15) is 5.65 Å². The van der Waals surface area contributed by atoms with E-state index in [9.17, 15) is 14.4 Å². The molecular formula is C26H33N5O3. The zero-order valence-electron chi connectivity index (χ0n) is 20.4. The van der Waals surface area contributed by atoms with E-state index in [1.807, 2.05) is 19.9 Å². The molecule has 2 aromatic heterocycles. The number of aromatic nitrogens is 3. The third-order valence-corrected chi connectivity index (χ3v) is 6.98. The van der Waals surface area contributed by atoms with Crippen LogP contribution in [0.1, 0.15) is 41.6 Å². The van der Waals surface area contributed by atoms with E-state index in [1.54, 1.807) is 7.05 Å². The van der Waals surface area contributed by atoms with E-state index in [0.29, 0.717) is 23.9 Å². The molecule has 0 aliphatic carbocycles. The van der Waals surface area contributed by atoms with Crippen molar-refractivity contribution in [3.63, 3.8) is 0 Å². The molecule has 0 spiro atoms. The lowest BCUT2D eigenvalue weighted by atomic mass is 9.99. The number of pyridine rings is 1. The van der Waals surface area contributed by atoms with Crippen molar-refractivity contribution in [1.29, 1.82) is 0 Å². The van der Waals surface area contributed by atoms with Gasteiger partial charge in [0.05, 0.1) is 5.39 Å². The third kappa shape index (κ3) is 4.82. The number of rotatable bonds is 6. The highest BCUT2D eigenvalue weighted by Gasteiger charge is 2.22. The normalized spacial score (nSPS) is 15.1. The minimum absolute atomic E-state index is 0.0220. The number of hydrogen-bond donors (Lipinski definition) is 1. The standard InChI is InChI=1S/C26H33N5O3/c1-17-21(18(2)27-24-23(17)25(33)30(4)26(34)29(24)3)10-11-22(32)28-20-12-14-31(15-13-20)16-19-8-6-5-7-9-19/h5-9,20H,10-16H2,1-4H3,(H,28,32). The minimum atomic E-state index is -0.397. The van der Waals surface area contributed by atoms with Crippen molar-refractivity contribution in [1.82, 2.24) is 24.3 Å². The molecule has 1 aliphatic heterocycles. The van der Waals surface area contributed by atoms with Crippen LogP contribution in [0.15, 0.2) is 39.9 Å². The number of amides is 1. The largest absolute Gasteiger partial charge is 0.353 e. The summed E-state index contributed by atoms with van der Waals surface area (Å²) in [4.78, 5) is 44.7. The van der Waals surface area contributed by atoms with Crippen LogP contribution in [0.2, 0.25) is 0 Å². The van der Waals surface area contributed by atoms with Crippen LogP contribution in [-0.4, -0.2) is 44.1 Å². The van der Waals surface area contributed by atoms with Crippen molar-refractivity contribution >= 4 is 16.9 Å². The summed E-state index contributed by atoms with van der Waals surface area (Å²) in [6.45, 7) is 6.62. The van der Waals surface area contributed by atoms with Gasteiger partial charge in [0, 0.05) is 51.9 Å². The predicted molar refractivity (Wildman–Crippen MR) is 133 cm³/mol. The van der Waals surface area contributed by atoms with Crippen LogP contribution in [0, 0.1) is 13.8 Å². The van der Waals surface area contributed by atoms with Crippen molar-refractivity contribution < 1.29 is 4.79 Å². The van der Waals surface area contributed by atoms with E-state index < -0.39 is 5.69 Å². The Bertz CT molecular complexity index is 1320. The van der Waals surface area contributed by atoms with Crippen molar-refractivity contribution in [3.05, 3.63) is 73.6 Å². The van der Waals surface area contributed by atoms with E-state index in [1.165, 1.54) is 17.2 Å². The summed E-state index contributed by atoms with van der Waals surface area (Å²) in [6.07, 6.45) is 2.73. The van der Waals surface area contributed by atoms with Gasteiger partial charge in [0.2, 0.25) is 5.91 Å². The van der Waals surface area contributed by atoms with Crippen LogP contribution in [0.3, 0.4) is 0 Å². The van der Waals surface area contributed by atoms with Gasteiger partial charge in [-0.3, -0.25) is 23.6 Å². The van der Waals surface area contributed by atoms with Gasteiger partial charge in [-0.1, -0.05) is 30.3 Å². The van der Waals surface area contributed by atoms with Crippen LogP contribution < -0.4 is 16.6 Å². The SMILES string of the molecule is Cc1nc2c(c(C)c1CCC(=O)NC1CCN(Cc3ccccc3)CC1)c(=O)n(C)c(=O)n2C. The highest BCUT2D eigenvalue weighted by Crippen LogP contribution is 2.21. The molecule has 4 rings (SSSR count). The number of aryl methyl sites for hydroxylation is 3. The smallest absolute Gasteiger partial charge is 0.332 e. The van der Waals surface area contributed by atoms with Gasteiger partial charge in [-0.25, -0.2) is 9.78 Å². The summed E-state index contributed by atoms with van der Waals surface area (Å²) in [5.74, 6) is 0.0220. The summed E-state index contributed by atoms with van der Waals surface area (Å²) in [6, 6.07) is 10.7. The maximum atomic E-state index is 12.8. The number of piperidine rings is 1. The molecule has 0 saturated carbocycles. The maximum Gasteiger partial charge on any atom is 0.332 e. The van der Waals surface area contributed by atoms with Crippen LogP contribution in [0.4, 0.5) is 0 Å². The predicted octanol–water partition coefficient (Wildman–Crippen LogP) is 1.96. The van der Waals surface area contributed by atoms with Crippen molar-refractivity contribution in [3.8, 4) is 0 Å². The Balaban J connectivity index is 1.37. The Labute approximate surface area is 199 Å². The fourth-order valence-corrected chi connectivity index (χ4v) is 4.92. The van der Waals surface area contributed by atoms with Gasteiger partial charge in [-0.2, -0.15) is 0 Å². The number of nitrogens with one attached hydrogen (secondary N) is 1. The van der Waals surface area contributed by atoms with E-state index in [2.05, 4.69) is 39.5 Å². The number of hydrogen-bond acceptors (Lipinski definition) is 5. The van der Waals surface area contributed by atoms with Crippen molar-refractivity contribution in [2.45, 2.75) is 52.1 Å². The lowest BCUT2D eigenvalue weighted by molar-refractivity contribution is -0.122. The van der Waals surface area contributed by atoms with Gasteiger partial charge >= 0.3 is 5.69 Å². The quantitative estimate of drug-likeness (QED) is 0.604. The molecule has 1 saturated heterocycles. The molecular weight excluding hydrogens is 430 g/mol. The zero-order valence-corrected chi connectivity index (χ0v) is 20.4. The van der Waals surface area contributed by atoms with Gasteiger partial charge in [-0.15, -0.1) is 0 Å². The molecule has 1 aromatic carbocycles. The first kappa shape index (κ1) is 23.9. The lowest BCUT2D eigenvalue weighted by Crippen LogP contribution is -2.44. The molecule has 0 unspecified atom stereocenters. The molecule has 180 valence electrons. The molecule has 1 N–H and O–H groups in total. The number of benzene rings is 1. The summed E-state index contributed by atoms with van der Waals surface area (Å²) >= 11 is 0. The first-order valence-corrected chi connectivity index (χ1v) is 11.9. The van der Waals surface area contributed by atoms with E-state index in [-0.39, 0.29) is 17.5 Å². The Kier molecular flexibility index (Phi) is 6.97. The first-order valence-electron chi connectivity index (χ1n) is 11.9. The van der Waals surface area contributed by atoms with Crippen molar-refractivity contribution in [2.24, 2.45) is 14.1 Å². The third-order valence-electron chi connectivity index (χ3n) is 6.98. The molecule has 3 heterocycles. The summed E-state index contributed by atoms with van der Waals surface area (Å²) in [5.41, 5.74) is 3.39. The van der Waals surface area contributed by atoms with Gasteiger partial charge in [0.15, 0.2) is 0 Å². The number of carbonyl (C=O) groups excluding carboxylic acids is 1. The number of nitrogens with zero attached hydrogens (tertiary/aromatic N) is 4. The Morgan fingerprint density at radius 2 is 1.74 bits per heavy atom. The summed E-state index contributed by atoms with van der Waals surface area (Å²) in [7, 11) is 3.09. The molecule has 1 amide bonds.